The van der Waals surface area contributed by atoms with Gasteiger partial charge in [-0.25, -0.2) is 0 Å². The molecule has 2 aromatic heterocycles. The highest BCUT2D eigenvalue weighted by atomic mass is 15.4. The average Bonchev–Trinajstić information content (AvgIpc) is 3.26. The van der Waals surface area contributed by atoms with Gasteiger partial charge in [-0.1, -0.05) is 5.92 Å². The second-order valence-corrected chi connectivity index (χ2v) is 11.5. The van der Waals surface area contributed by atoms with Crippen LogP contribution in [0.4, 0.5) is 35.7 Å². The van der Waals surface area contributed by atoms with Crippen LogP contribution in [0.2, 0.25) is 0 Å². The summed E-state index contributed by atoms with van der Waals surface area (Å²) in [6.07, 6.45) is 12.2. The maximum Gasteiger partial charge on any atom is 0.233 e. The van der Waals surface area contributed by atoms with Crippen molar-refractivity contribution in [2.45, 2.75) is 38.5 Å². The summed E-state index contributed by atoms with van der Waals surface area (Å²) in [4.78, 5) is 35.5. The largest absolute Gasteiger partial charge is 0.339 e. The summed E-state index contributed by atoms with van der Waals surface area (Å²) in [6.45, 7) is 1.31. The first-order valence-electron chi connectivity index (χ1n) is 17.9. The van der Waals surface area contributed by atoms with Gasteiger partial charge < -0.3 is 29.4 Å². The fraction of sp³-hybridized carbons (Fsp3) is 0.474. The molecule has 0 radical (unpaired) electrons. The van der Waals surface area contributed by atoms with Crippen molar-refractivity contribution in [2.75, 3.05) is 108 Å². The third-order valence-corrected chi connectivity index (χ3v) is 7.48. The maximum absolute atomic E-state index is 9.05. The second kappa shape index (κ2) is 30.1. The van der Waals surface area contributed by atoms with Gasteiger partial charge in [-0.3, -0.25) is 0 Å². The Bertz CT molecular complexity index is 1830. The van der Waals surface area contributed by atoms with Crippen LogP contribution in [0.5, 0.6) is 0 Å². The molecule has 0 aromatic carbocycles. The number of aromatic nitrogens is 6. The molecule has 0 atom stereocenters. The van der Waals surface area contributed by atoms with Crippen LogP contribution in [-0.2, 0) is 0 Å². The van der Waals surface area contributed by atoms with Crippen LogP contribution in [-0.4, -0.2) is 108 Å². The highest BCUT2D eigenvalue weighted by Crippen LogP contribution is 2.22. The zero-order valence-corrected chi connectivity index (χ0v) is 32.7. The summed E-state index contributed by atoms with van der Waals surface area (Å²) in [5.41, 5.74) is 0. The summed E-state index contributed by atoms with van der Waals surface area (Å²) in [6, 6.07) is 20.0. The first-order chi connectivity index (χ1) is 29.3. The van der Waals surface area contributed by atoms with Gasteiger partial charge in [-0.2, -0.15) is 82.5 Å². The third kappa shape index (κ3) is 17.1. The van der Waals surface area contributed by atoms with Crippen molar-refractivity contribution in [1.82, 2.24) is 29.9 Å². The summed E-state index contributed by atoms with van der Waals surface area (Å²) in [7, 11) is 0. The first-order valence-corrected chi connectivity index (χ1v) is 17.9. The van der Waals surface area contributed by atoms with Crippen molar-refractivity contribution < 1.29 is 0 Å². The van der Waals surface area contributed by atoms with E-state index in [9.17, 15) is 0 Å². The molecule has 0 saturated heterocycles. The summed E-state index contributed by atoms with van der Waals surface area (Å²) < 4.78 is 0. The molecule has 0 aliphatic rings. The van der Waals surface area contributed by atoms with Crippen LogP contribution in [0, 0.1) is 138 Å². The molecule has 0 saturated carbocycles. The van der Waals surface area contributed by atoms with E-state index < -0.39 is 0 Å². The minimum absolute atomic E-state index is 0.000981. The van der Waals surface area contributed by atoms with Crippen LogP contribution >= 0.6 is 0 Å². The average molecular weight is 803 g/mol. The number of rotatable bonds is 24. The molecular formula is C38H38N22. The van der Waals surface area contributed by atoms with E-state index in [0.717, 1.165) is 0 Å². The molecule has 0 fully saturated rings. The Kier molecular flexibility index (Phi) is 24.5. The van der Waals surface area contributed by atoms with Gasteiger partial charge in [-0.05, 0) is 0 Å². The topological polar surface area (TPSA) is 335 Å². The molecular weight excluding hydrogens is 765 g/mol. The quantitative estimate of drug-likeness (QED) is 0.107. The van der Waals surface area contributed by atoms with Crippen LogP contribution in [0.3, 0.4) is 0 Å². The SMILES string of the molecule is C#CCCN(CCC#N)c1nc(N(CCC#N)CCC#N)nc(N(CCC#N)CCC#N)n1.C#CCN(CC#N)c1nc(N(CC#N)CC#N)nc(N(CC#N)CC#N)n1. The van der Waals surface area contributed by atoms with Crippen LogP contribution in [0.25, 0.3) is 0 Å². The molecule has 0 amide bonds. The predicted octanol–water partition coefficient (Wildman–Crippen LogP) is 1.42. The fourth-order valence-corrected chi connectivity index (χ4v) is 4.72. The van der Waals surface area contributed by atoms with Crippen molar-refractivity contribution >= 4 is 35.7 Å². The van der Waals surface area contributed by atoms with Gasteiger partial charge in [-0.15, -0.1) is 18.8 Å². The Balaban J connectivity index is 0.000000612. The molecule has 22 heteroatoms. The number of nitrogens with zero attached hydrogens (tertiary/aromatic N) is 22. The molecule has 22 nitrogen and oxygen atoms in total. The number of anilines is 6. The summed E-state index contributed by atoms with van der Waals surface area (Å²) in [5.74, 6) is 5.86. The van der Waals surface area contributed by atoms with Crippen LogP contribution in [0.1, 0.15) is 38.5 Å². The lowest BCUT2D eigenvalue weighted by molar-refractivity contribution is 0.709. The molecule has 0 aliphatic carbocycles. The van der Waals surface area contributed by atoms with Crippen molar-refractivity contribution in [1.29, 1.82) is 52.6 Å². The fourth-order valence-electron chi connectivity index (χ4n) is 4.72. The molecule has 2 heterocycles. The van der Waals surface area contributed by atoms with Gasteiger partial charge in [0.1, 0.15) is 32.7 Å². The smallest absolute Gasteiger partial charge is 0.233 e. The second-order valence-electron chi connectivity index (χ2n) is 11.5. The van der Waals surface area contributed by atoms with Gasteiger partial charge in [0.05, 0.1) is 99.3 Å². The Morgan fingerprint density at radius 3 is 0.700 bits per heavy atom. The maximum atomic E-state index is 9.05. The lowest BCUT2D eigenvalue weighted by Gasteiger charge is -2.27. The van der Waals surface area contributed by atoms with Gasteiger partial charge in [0, 0.05) is 45.7 Å². The first kappa shape index (κ1) is 48.9. The van der Waals surface area contributed by atoms with Crippen molar-refractivity contribution in [2.24, 2.45) is 0 Å². The number of terminal acetylenes is 2. The molecule has 0 spiro atoms. The molecule has 0 unspecified atom stereocenters. The molecule has 0 N–H and O–H groups in total. The van der Waals surface area contributed by atoms with Crippen molar-refractivity contribution in [3.8, 4) is 85.4 Å². The Morgan fingerprint density at radius 2 is 0.500 bits per heavy atom. The van der Waals surface area contributed by atoms with E-state index in [1.807, 2.05) is 30.3 Å². The van der Waals surface area contributed by atoms with Gasteiger partial charge in [0.15, 0.2) is 0 Å². The zero-order chi connectivity index (χ0) is 44.4. The zero-order valence-electron chi connectivity index (χ0n) is 32.7. The van der Waals surface area contributed by atoms with E-state index >= 15 is 0 Å². The lowest BCUT2D eigenvalue weighted by Crippen LogP contribution is -2.34. The van der Waals surface area contributed by atoms with E-state index in [-0.39, 0.29) is 101 Å². The minimum Gasteiger partial charge on any atom is -0.339 e. The summed E-state index contributed by atoms with van der Waals surface area (Å²) >= 11 is 0. The number of hydrogen-bond acceptors (Lipinski definition) is 22. The Labute approximate surface area is 349 Å². The van der Waals surface area contributed by atoms with Crippen molar-refractivity contribution in [3.05, 3.63) is 0 Å². The Morgan fingerprint density at radius 1 is 0.283 bits per heavy atom. The molecule has 2 aromatic rings. The lowest BCUT2D eigenvalue weighted by atomic mass is 10.3. The van der Waals surface area contributed by atoms with E-state index in [4.69, 9.17) is 65.5 Å². The van der Waals surface area contributed by atoms with Gasteiger partial charge >= 0.3 is 0 Å². The molecule has 300 valence electrons. The number of nitriles is 10. The van der Waals surface area contributed by atoms with Crippen LogP contribution in [0.15, 0.2) is 0 Å². The van der Waals surface area contributed by atoms with Crippen LogP contribution < -0.4 is 29.4 Å². The van der Waals surface area contributed by atoms with E-state index in [0.29, 0.717) is 51.6 Å². The van der Waals surface area contributed by atoms with Gasteiger partial charge in [0.2, 0.25) is 35.7 Å². The number of hydrogen-bond donors (Lipinski definition) is 0. The molecule has 0 bridgehead atoms. The van der Waals surface area contributed by atoms with E-state index in [1.54, 1.807) is 14.7 Å². The minimum atomic E-state index is -0.166. The molecule has 0 aliphatic heterocycles. The molecule has 60 heavy (non-hydrogen) atoms. The third-order valence-electron chi connectivity index (χ3n) is 7.48. The van der Waals surface area contributed by atoms with Crippen molar-refractivity contribution in [3.63, 3.8) is 0 Å². The monoisotopic (exact) mass is 802 g/mol. The standard InChI is InChI=1S/C22H25N11.C16H13N11/c1-2-3-14-31(15-4-9-23)20-28-21(32(16-5-10-24)17-6-11-25)30-22(29-20)33(18-7-12-26)19-8-13-27;1-2-8-25(9-3-17)14-22-15(26(10-4-18)11-5-19)24-16(23-14)27(12-6-20)13-7-21/h1H,3-8,14-19H2;1H,8-13H2. The normalized spacial score (nSPS) is 9.00. The van der Waals surface area contributed by atoms with E-state index in [1.165, 1.54) is 14.7 Å². The van der Waals surface area contributed by atoms with Gasteiger partial charge in [0.25, 0.3) is 0 Å². The highest BCUT2D eigenvalue weighted by molar-refractivity contribution is 5.50. The summed E-state index contributed by atoms with van der Waals surface area (Å²) in [5, 5.41) is 90.1. The highest BCUT2D eigenvalue weighted by Gasteiger charge is 2.22. The predicted molar refractivity (Wildman–Crippen MR) is 214 cm³/mol. The Hall–Kier alpha value is -9.16. The van der Waals surface area contributed by atoms with E-state index in [2.05, 4.69) is 72.1 Å². The molecule has 2 rings (SSSR count).